The van der Waals surface area contributed by atoms with Crippen LogP contribution in [0.25, 0.3) is 0 Å². The summed E-state index contributed by atoms with van der Waals surface area (Å²) < 4.78 is 1.00. The van der Waals surface area contributed by atoms with E-state index in [1.165, 1.54) is 0 Å². The third-order valence-corrected chi connectivity index (χ3v) is 3.47. The highest BCUT2D eigenvalue weighted by Crippen LogP contribution is 2.18. The Hall–Kier alpha value is -1.81. The predicted octanol–water partition coefficient (Wildman–Crippen LogP) is 4.64. The summed E-state index contributed by atoms with van der Waals surface area (Å²) in [6.45, 7) is 3.95. The molecule has 0 aliphatic carbocycles. The maximum atomic E-state index is 12.0. The fourth-order valence-electron chi connectivity index (χ4n) is 1.95. The molecule has 0 aromatic heterocycles. The van der Waals surface area contributed by atoms with Crippen LogP contribution in [0.1, 0.15) is 24.1 Å². The van der Waals surface area contributed by atoms with Crippen molar-refractivity contribution >= 4 is 27.6 Å². The second-order valence-corrected chi connectivity index (χ2v) is 5.66. The summed E-state index contributed by atoms with van der Waals surface area (Å²) in [6.07, 6.45) is 0. The van der Waals surface area contributed by atoms with Gasteiger partial charge < -0.3 is 10.6 Å². The molecule has 2 aromatic carbocycles. The summed E-state index contributed by atoms with van der Waals surface area (Å²) in [6, 6.07) is 15.4. The Morgan fingerprint density at radius 2 is 1.90 bits per heavy atom. The minimum atomic E-state index is -0.205. The first-order valence-corrected chi connectivity index (χ1v) is 7.23. The quantitative estimate of drug-likeness (QED) is 0.844. The second-order valence-electron chi connectivity index (χ2n) is 4.74. The van der Waals surface area contributed by atoms with E-state index in [4.69, 9.17) is 0 Å². The average Bonchev–Trinajstić information content (AvgIpc) is 2.38. The first-order valence-electron chi connectivity index (χ1n) is 6.44. The van der Waals surface area contributed by atoms with Gasteiger partial charge in [0.15, 0.2) is 0 Å². The number of aryl methyl sites for hydroxylation is 1. The number of halogens is 1. The molecule has 2 aromatic rings. The molecule has 104 valence electrons. The number of carbonyl (C=O) groups excluding carboxylic acids is 1. The molecule has 0 saturated heterocycles. The van der Waals surface area contributed by atoms with Gasteiger partial charge in [-0.15, -0.1) is 0 Å². The Kier molecular flexibility index (Phi) is 4.79. The zero-order valence-electron chi connectivity index (χ0n) is 11.5. The molecule has 1 unspecified atom stereocenters. The molecule has 2 amide bonds. The summed E-state index contributed by atoms with van der Waals surface area (Å²) in [5, 5.41) is 5.76. The fraction of sp³-hybridized carbons (Fsp3) is 0.188. The molecule has 2 rings (SSSR count). The summed E-state index contributed by atoms with van der Waals surface area (Å²) >= 11 is 3.43. The van der Waals surface area contributed by atoms with Crippen molar-refractivity contribution in [1.82, 2.24) is 5.32 Å². The number of carbonyl (C=O) groups is 1. The number of amides is 2. The van der Waals surface area contributed by atoms with Gasteiger partial charge in [-0.1, -0.05) is 40.2 Å². The van der Waals surface area contributed by atoms with Gasteiger partial charge in [0, 0.05) is 10.2 Å². The van der Waals surface area contributed by atoms with Crippen molar-refractivity contribution in [2.24, 2.45) is 0 Å². The molecule has 0 radical (unpaired) electrons. The summed E-state index contributed by atoms with van der Waals surface area (Å²) in [5.41, 5.74) is 2.96. The minimum Gasteiger partial charge on any atom is -0.331 e. The van der Waals surface area contributed by atoms with E-state index in [9.17, 15) is 4.79 Å². The van der Waals surface area contributed by atoms with Crippen molar-refractivity contribution in [3.63, 3.8) is 0 Å². The molecule has 0 spiro atoms. The zero-order valence-corrected chi connectivity index (χ0v) is 13.1. The van der Waals surface area contributed by atoms with Crippen molar-refractivity contribution < 1.29 is 4.79 Å². The van der Waals surface area contributed by atoms with E-state index in [-0.39, 0.29) is 12.1 Å². The lowest BCUT2D eigenvalue weighted by atomic mass is 10.1. The molecular weight excluding hydrogens is 316 g/mol. The minimum absolute atomic E-state index is 0.0580. The number of benzene rings is 2. The number of nitrogens with one attached hydrogen (secondary N) is 2. The van der Waals surface area contributed by atoms with Crippen LogP contribution in [0.2, 0.25) is 0 Å². The monoisotopic (exact) mass is 332 g/mol. The lowest BCUT2D eigenvalue weighted by molar-refractivity contribution is 0.249. The van der Waals surface area contributed by atoms with E-state index in [0.717, 1.165) is 21.3 Å². The molecule has 2 N–H and O–H groups in total. The SMILES string of the molecule is Cc1cccc(NC(=O)NC(C)c2cccc(Br)c2)c1. The first kappa shape index (κ1) is 14.6. The molecule has 20 heavy (non-hydrogen) atoms. The van der Waals surface area contributed by atoms with Crippen LogP contribution in [0.15, 0.2) is 53.0 Å². The van der Waals surface area contributed by atoms with Crippen molar-refractivity contribution in [3.05, 3.63) is 64.1 Å². The van der Waals surface area contributed by atoms with Crippen LogP contribution in [0.4, 0.5) is 10.5 Å². The summed E-state index contributed by atoms with van der Waals surface area (Å²) in [4.78, 5) is 12.0. The third-order valence-electron chi connectivity index (χ3n) is 2.97. The fourth-order valence-corrected chi connectivity index (χ4v) is 2.36. The van der Waals surface area contributed by atoms with E-state index in [1.54, 1.807) is 0 Å². The van der Waals surface area contributed by atoms with Crippen LogP contribution in [-0.4, -0.2) is 6.03 Å². The van der Waals surface area contributed by atoms with Gasteiger partial charge >= 0.3 is 6.03 Å². The summed E-state index contributed by atoms with van der Waals surface area (Å²) in [5.74, 6) is 0. The Bertz CT molecular complexity index is 613. The van der Waals surface area contributed by atoms with Crippen molar-refractivity contribution in [3.8, 4) is 0 Å². The molecular formula is C16H17BrN2O. The standard InChI is InChI=1S/C16H17BrN2O/c1-11-5-3-8-15(9-11)19-16(20)18-12(2)13-6-4-7-14(17)10-13/h3-10,12H,1-2H3,(H2,18,19,20). The van der Waals surface area contributed by atoms with E-state index < -0.39 is 0 Å². The average molecular weight is 333 g/mol. The van der Waals surface area contributed by atoms with E-state index in [1.807, 2.05) is 62.4 Å². The van der Waals surface area contributed by atoms with Gasteiger partial charge in [0.1, 0.15) is 0 Å². The normalized spacial score (nSPS) is 11.8. The molecule has 0 saturated carbocycles. The van der Waals surface area contributed by atoms with Gasteiger partial charge in [-0.25, -0.2) is 4.79 Å². The van der Waals surface area contributed by atoms with E-state index in [2.05, 4.69) is 26.6 Å². The van der Waals surface area contributed by atoms with E-state index >= 15 is 0 Å². The van der Waals surface area contributed by atoms with Crippen LogP contribution >= 0.6 is 15.9 Å². The van der Waals surface area contributed by atoms with Crippen molar-refractivity contribution in [2.45, 2.75) is 19.9 Å². The first-order chi connectivity index (χ1) is 9.54. The topological polar surface area (TPSA) is 41.1 Å². The highest BCUT2D eigenvalue weighted by atomic mass is 79.9. The molecule has 3 nitrogen and oxygen atoms in total. The number of urea groups is 1. The molecule has 0 heterocycles. The van der Waals surface area contributed by atoms with Crippen molar-refractivity contribution in [1.29, 1.82) is 0 Å². The van der Waals surface area contributed by atoms with E-state index in [0.29, 0.717) is 0 Å². The number of hydrogen-bond acceptors (Lipinski definition) is 1. The van der Waals surface area contributed by atoms with Gasteiger partial charge in [-0.3, -0.25) is 0 Å². The van der Waals surface area contributed by atoms with Gasteiger partial charge in [0.25, 0.3) is 0 Å². The smallest absolute Gasteiger partial charge is 0.319 e. The highest BCUT2D eigenvalue weighted by molar-refractivity contribution is 9.10. The van der Waals surface area contributed by atoms with Gasteiger partial charge in [-0.05, 0) is 49.2 Å². The lowest BCUT2D eigenvalue weighted by Crippen LogP contribution is -2.31. The maximum absolute atomic E-state index is 12.0. The largest absolute Gasteiger partial charge is 0.331 e. The van der Waals surface area contributed by atoms with Gasteiger partial charge in [-0.2, -0.15) is 0 Å². The van der Waals surface area contributed by atoms with Gasteiger partial charge in [0.05, 0.1) is 6.04 Å². The Balaban J connectivity index is 1.97. The van der Waals surface area contributed by atoms with Crippen LogP contribution < -0.4 is 10.6 Å². The molecule has 0 bridgehead atoms. The Labute approximate surface area is 127 Å². The number of anilines is 1. The van der Waals surface area contributed by atoms with Crippen LogP contribution in [-0.2, 0) is 0 Å². The van der Waals surface area contributed by atoms with Gasteiger partial charge in [0.2, 0.25) is 0 Å². The zero-order chi connectivity index (χ0) is 14.5. The number of hydrogen-bond donors (Lipinski definition) is 2. The maximum Gasteiger partial charge on any atom is 0.319 e. The number of rotatable bonds is 3. The molecule has 0 fully saturated rings. The molecule has 1 atom stereocenters. The summed E-state index contributed by atoms with van der Waals surface area (Å²) in [7, 11) is 0. The lowest BCUT2D eigenvalue weighted by Gasteiger charge is -2.15. The molecule has 4 heteroatoms. The van der Waals surface area contributed by atoms with Crippen LogP contribution in [0.3, 0.4) is 0 Å². The second kappa shape index (κ2) is 6.57. The van der Waals surface area contributed by atoms with Crippen molar-refractivity contribution in [2.75, 3.05) is 5.32 Å². The molecule has 0 aliphatic rings. The Morgan fingerprint density at radius 3 is 2.60 bits per heavy atom. The molecule has 0 aliphatic heterocycles. The third kappa shape index (κ3) is 4.10. The Morgan fingerprint density at radius 1 is 1.15 bits per heavy atom. The predicted molar refractivity (Wildman–Crippen MR) is 85.9 cm³/mol. The van der Waals surface area contributed by atoms with Crippen LogP contribution in [0.5, 0.6) is 0 Å². The highest BCUT2D eigenvalue weighted by Gasteiger charge is 2.09. The van der Waals surface area contributed by atoms with Crippen LogP contribution in [0, 0.1) is 6.92 Å².